The lowest BCUT2D eigenvalue weighted by molar-refractivity contribution is 0.0592. The van der Waals surface area contributed by atoms with Crippen LogP contribution in [-0.4, -0.2) is 44.1 Å². The van der Waals surface area contributed by atoms with Gasteiger partial charge in [-0.2, -0.15) is 0 Å². The number of carbonyl (C=O) groups excluding carboxylic acids is 1. The summed E-state index contributed by atoms with van der Waals surface area (Å²) in [5.41, 5.74) is -3.42. The highest BCUT2D eigenvalue weighted by molar-refractivity contribution is 5.87. The molecular formula is C12H12N4O8. The van der Waals surface area contributed by atoms with E-state index >= 15 is 0 Å². The van der Waals surface area contributed by atoms with Crippen molar-refractivity contribution in [2.75, 3.05) is 7.11 Å². The Bertz CT molecular complexity index is 965. The number of carboxylic acids is 1. The second-order valence-corrected chi connectivity index (χ2v) is 4.21. The maximum atomic E-state index is 10.8. The van der Waals surface area contributed by atoms with Gasteiger partial charge in [0.2, 0.25) is 0 Å². The summed E-state index contributed by atoms with van der Waals surface area (Å²) < 4.78 is 4.28. The van der Waals surface area contributed by atoms with Crippen LogP contribution in [0, 0.1) is 6.92 Å². The van der Waals surface area contributed by atoms with Crippen LogP contribution in [-0.2, 0) is 4.74 Å². The van der Waals surface area contributed by atoms with Gasteiger partial charge in [0.15, 0.2) is 0 Å². The highest BCUT2D eigenvalue weighted by Gasteiger charge is 2.10. The Balaban J connectivity index is 0.000000240. The number of rotatable bonds is 2. The molecular weight excluding hydrogens is 328 g/mol. The standard InChI is InChI=1S/2C6H6N2O4/c1-12-5(10)3-2-4(9)8-6(11)7-3;1-2-3(5(10)11)7-6(12)8-4(2)9/h2H,1H3,(H2,7,8,9,11);1H3,(H,10,11)(H2,7,8,9,12). The predicted octanol–water partition coefficient (Wildman–Crippen LogP) is -2.08. The number of ether oxygens (including phenoxy) is 1. The number of hydrogen-bond acceptors (Lipinski definition) is 7. The second-order valence-electron chi connectivity index (χ2n) is 4.21. The largest absolute Gasteiger partial charge is 0.477 e. The molecule has 24 heavy (non-hydrogen) atoms. The molecule has 2 rings (SSSR count). The minimum absolute atomic E-state index is 0.0119. The first-order valence-corrected chi connectivity index (χ1v) is 6.14. The quantitative estimate of drug-likeness (QED) is 0.384. The molecule has 5 N–H and O–H groups in total. The van der Waals surface area contributed by atoms with Gasteiger partial charge in [0, 0.05) is 11.6 Å². The molecule has 0 aliphatic heterocycles. The van der Waals surface area contributed by atoms with Gasteiger partial charge in [0.05, 0.1) is 7.11 Å². The minimum Gasteiger partial charge on any atom is -0.477 e. The molecule has 0 fully saturated rings. The molecule has 0 amide bonds. The normalized spacial score (nSPS) is 9.58. The molecule has 2 aromatic rings. The molecule has 12 heteroatoms. The van der Waals surface area contributed by atoms with E-state index in [1.165, 1.54) is 6.92 Å². The van der Waals surface area contributed by atoms with Crippen molar-refractivity contribution < 1.29 is 19.4 Å². The molecule has 0 aliphatic carbocycles. The average Bonchev–Trinajstić information content (AvgIpc) is 2.49. The number of hydrogen-bond donors (Lipinski definition) is 5. The van der Waals surface area contributed by atoms with Gasteiger partial charge in [-0.25, -0.2) is 19.2 Å². The van der Waals surface area contributed by atoms with Gasteiger partial charge in [0.25, 0.3) is 11.1 Å². The number of nitrogens with one attached hydrogen (secondary N) is 4. The molecule has 0 aromatic carbocycles. The molecule has 0 saturated heterocycles. The third kappa shape index (κ3) is 4.66. The van der Waals surface area contributed by atoms with Crippen LogP contribution in [0.3, 0.4) is 0 Å². The Hall–Kier alpha value is -3.70. The molecule has 0 bridgehead atoms. The van der Waals surface area contributed by atoms with Crippen LogP contribution in [0.1, 0.15) is 26.5 Å². The smallest absolute Gasteiger partial charge is 0.354 e. The van der Waals surface area contributed by atoms with Gasteiger partial charge in [-0.05, 0) is 6.92 Å². The first-order chi connectivity index (χ1) is 11.1. The van der Waals surface area contributed by atoms with Crippen molar-refractivity contribution in [1.82, 2.24) is 19.9 Å². The Labute approximate surface area is 131 Å². The number of aromatic carboxylic acids is 1. The van der Waals surface area contributed by atoms with Crippen molar-refractivity contribution >= 4 is 11.9 Å². The maximum absolute atomic E-state index is 10.8. The van der Waals surface area contributed by atoms with E-state index in [4.69, 9.17) is 5.11 Å². The fourth-order valence-electron chi connectivity index (χ4n) is 1.45. The Morgan fingerprint density at radius 2 is 1.58 bits per heavy atom. The number of aromatic amines is 4. The third-order valence-electron chi connectivity index (χ3n) is 2.56. The first kappa shape index (κ1) is 18.3. The van der Waals surface area contributed by atoms with Crippen molar-refractivity contribution in [1.29, 1.82) is 0 Å². The number of H-pyrrole nitrogens is 4. The highest BCUT2D eigenvalue weighted by atomic mass is 16.5. The summed E-state index contributed by atoms with van der Waals surface area (Å²) in [6, 6.07) is 0.952. The van der Waals surface area contributed by atoms with E-state index in [0.717, 1.165) is 13.2 Å². The van der Waals surface area contributed by atoms with Crippen LogP contribution >= 0.6 is 0 Å². The lowest BCUT2D eigenvalue weighted by atomic mass is 10.2. The summed E-state index contributed by atoms with van der Waals surface area (Å²) in [4.78, 5) is 71.8. The zero-order valence-electron chi connectivity index (χ0n) is 12.4. The SMILES string of the molecule is COC(=O)c1cc(=O)[nH]c(=O)[nH]1.Cc1c(C(=O)O)[nH]c(=O)[nH]c1=O. The van der Waals surface area contributed by atoms with E-state index in [-0.39, 0.29) is 17.0 Å². The summed E-state index contributed by atoms with van der Waals surface area (Å²) in [6.45, 7) is 1.32. The summed E-state index contributed by atoms with van der Waals surface area (Å²) in [5, 5.41) is 8.49. The van der Waals surface area contributed by atoms with Crippen molar-refractivity contribution in [3.8, 4) is 0 Å². The van der Waals surface area contributed by atoms with Gasteiger partial charge in [-0.15, -0.1) is 0 Å². The minimum atomic E-state index is -1.32. The molecule has 2 heterocycles. The molecule has 2 aromatic heterocycles. The predicted molar refractivity (Wildman–Crippen MR) is 78.4 cm³/mol. The van der Waals surface area contributed by atoms with E-state index in [1.807, 2.05) is 15.0 Å². The van der Waals surface area contributed by atoms with Crippen molar-refractivity contribution in [3.05, 3.63) is 64.7 Å². The number of carboxylic acid groups (broad SMARTS) is 1. The van der Waals surface area contributed by atoms with Gasteiger partial charge in [-0.3, -0.25) is 19.6 Å². The molecule has 0 radical (unpaired) electrons. The second kappa shape index (κ2) is 7.53. The van der Waals surface area contributed by atoms with Crippen LogP contribution in [0.5, 0.6) is 0 Å². The molecule has 128 valence electrons. The van der Waals surface area contributed by atoms with E-state index in [1.54, 1.807) is 0 Å². The zero-order chi connectivity index (χ0) is 18.4. The zero-order valence-corrected chi connectivity index (χ0v) is 12.4. The van der Waals surface area contributed by atoms with Crippen LogP contribution in [0.25, 0.3) is 0 Å². The lowest BCUT2D eigenvalue weighted by Crippen LogP contribution is -2.28. The highest BCUT2D eigenvalue weighted by Crippen LogP contribution is 1.93. The first-order valence-electron chi connectivity index (χ1n) is 6.14. The summed E-state index contributed by atoms with van der Waals surface area (Å²) in [7, 11) is 1.15. The van der Waals surface area contributed by atoms with E-state index < -0.39 is 34.4 Å². The molecule has 0 aliphatic rings. The van der Waals surface area contributed by atoms with E-state index in [2.05, 4.69) is 9.72 Å². The van der Waals surface area contributed by atoms with Crippen LogP contribution in [0.2, 0.25) is 0 Å². The van der Waals surface area contributed by atoms with Crippen molar-refractivity contribution in [2.45, 2.75) is 6.92 Å². The molecule has 0 unspecified atom stereocenters. The van der Waals surface area contributed by atoms with Gasteiger partial charge in [-0.1, -0.05) is 0 Å². The van der Waals surface area contributed by atoms with E-state index in [0.29, 0.717) is 0 Å². The van der Waals surface area contributed by atoms with Crippen molar-refractivity contribution in [2.24, 2.45) is 0 Å². The Morgan fingerprint density at radius 1 is 1.00 bits per heavy atom. The van der Waals surface area contributed by atoms with Crippen LogP contribution < -0.4 is 22.5 Å². The number of aromatic nitrogens is 4. The van der Waals surface area contributed by atoms with Crippen molar-refractivity contribution in [3.63, 3.8) is 0 Å². The number of carbonyl (C=O) groups is 2. The maximum Gasteiger partial charge on any atom is 0.354 e. The Morgan fingerprint density at radius 3 is 2.08 bits per heavy atom. The van der Waals surface area contributed by atoms with Crippen LogP contribution in [0.15, 0.2) is 25.2 Å². The summed E-state index contributed by atoms with van der Waals surface area (Å²) in [6.07, 6.45) is 0. The lowest BCUT2D eigenvalue weighted by Gasteiger charge is -1.96. The molecule has 0 saturated carbocycles. The summed E-state index contributed by atoms with van der Waals surface area (Å²) >= 11 is 0. The Kier molecular flexibility index (Phi) is 5.76. The number of esters is 1. The fourth-order valence-corrected chi connectivity index (χ4v) is 1.45. The van der Waals surface area contributed by atoms with Gasteiger partial charge in [0.1, 0.15) is 11.4 Å². The molecule has 12 nitrogen and oxygen atoms in total. The van der Waals surface area contributed by atoms with Crippen LogP contribution in [0.4, 0.5) is 0 Å². The topological polar surface area (TPSA) is 195 Å². The summed E-state index contributed by atoms with van der Waals surface area (Å²) in [5.74, 6) is -2.08. The molecule has 0 atom stereocenters. The average molecular weight is 340 g/mol. The third-order valence-corrected chi connectivity index (χ3v) is 2.56. The monoisotopic (exact) mass is 340 g/mol. The van der Waals surface area contributed by atoms with E-state index in [9.17, 15) is 28.8 Å². The fraction of sp³-hybridized carbons (Fsp3) is 0.167. The van der Waals surface area contributed by atoms with Gasteiger partial charge >= 0.3 is 23.3 Å². The number of methoxy groups -OCH3 is 1. The van der Waals surface area contributed by atoms with Gasteiger partial charge < -0.3 is 19.8 Å². The molecule has 0 spiro atoms.